The first-order chi connectivity index (χ1) is 8.93. The second kappa shape index (κ2) is 5.28. The number of amides is 1. The second-order valence-corrected chi connectivity index (χ2v) is 5.80. The second-order valence-electron chi connectivity index (χ2n) is 4.99. The summed E-state index contributed by atoms with van der Waals surface area (Å²) in [6, 6.07) is 4.70. The number of carboxylic acid groups (broad SMARTS) is 1. The van der Waals surface area contributed by atoms with Crippen LogP contribution in [-0.4, -0.2) is 28.0 Å². The average molecular weight is 327 g/mol. The molecule has 1 saturated carbocycles. The van der Waals surface area contributed by atoms with E-state index >= 15 is 0 Å². The van der Waals surface area contributed by atoms with Gasteiger partial charge in [-0.15, -0.1) is 0 Å². The standard InChI is InChI=1S/C13H15BrN2O3/c1-13(12(18)19)7-3-5-9(13)16-11(17)8-4-2-6-10(14)15-8/h2,4,6,9H,3,5,7H2,1H3,(H,16,17)(H,18,19). The summed E-state index contributed by atoms with van der Waals surface area (Å²) >= 11 is 3.20. The number of rotatable bonds is 3. The molecule has 0 spiro atoms. The number of hydrogen-bond acceptors (Lipinski definition) is 3. The van der Waals surface area contributed by atoms with Gasteiger partial charge in [0.1, 0.15) is 10.3 Å². The van der Waals surface area contributed by atoms with E-state index in [1.807, 2.05) is 0 Å². The fraction of sp³-hybridized carbons (Fsp3) is 0.462. The van der Waals surface area contributed by atoms with E-state index in [1.165, 1.54) is 0 Å². The number of carbonyl (C=O) groups is 2. The van der Waals surface area contributed by atoms with Crippen molar-refractivity contribution < 1.29 is 14.7 Å². The lowest BCUT2D eigenvalue weighted by Crippen LogP contribution is -2.47. The van der Waals surface area contributed by atoms with Crippen LogP contribution in [0.1, 0.15) is 36.7 Å². The summed E-state index contributed by atoms with van der Waals surface area (Å²) in [5.74, 6) is -1.20. The zero-order valence-corrected chi connectivity index (χ0v) is 12.1. The Labute approximate surface area is 119 Å². The zero-order valence-electron chi connectivity index (χ0n) is 10.5. The number of nitrogens with one attached hydrogen (secondary N) is 1. The van der Waals surface area contributed by atoms with Crippen LogP contribution < -0.4 is 5.32 Å². The smallest absolute Gasteiger partial charge is 0.311 e. The van der Waals surface area contributed by atoms with Gasteiger partial charge < -0.3 is 10.4 Å². The number of carbonyl (C=O) groups excluding carboxylic acids is 1. The molecule has 0 radical (unpaired) electrons. The van der Waals surface area contributed by atoms with Crippen molar-refractivity contribution in [1.82, 2.24) is 10.3 Å². The maximum atomic E-state index is 12.1. The van der Waals surface area contributed by atoms with Gasteiger partial charge in [-0.3, -0.25) is 9.59 Å². The quantitative estimate of drug-likeness (QED) is 0.835. The highest BCUT2D eigenvalue weighted by Gasteiger charge is 2.46. The van der Waals surface area contributed by atoms with E-state index in [9.17, 15) is 14.7 Å². The minimum atomic E-state index is -0.887. The molecule has 1 aromatic heterocycles. The van der Waals surface area contributed by atoms with Crippen LogP contribution in [0.4, 0.5) is 0 Å². The minimum absolute atomic E-state index is 0.286. The number of nitrogens with zero attached hydrogens (tertiary/aromatic N) is 1. The van der Waals surface area contributed by atoms with Crippen molar-refractivity contribution in [3.63, 3.8) is 0 Å². The Morgan fingerprint density at radius 1 is 1.53 bits per heavy atom. The maximum absolute atomic E-state index is 12.1. The lowest BCUT2D eigenvalue weighted by Gasteiger charge is -2.27. The van der Waals surface area contributed by atoms with Crippen molar-refractivity contribution in [2.24, 2.45) is 5.41 Å². The van der Waals surface area contributed by atoms with Crippen molar-refractivity contribution in [3.05, 3.63) is 28.5 Å². The number of hydrogen-bond donors (Lipinski definition) is 2. The van der Waals surface area contributed by atoms with Gasteiger partial charge in [-0.1, -0.05) is 12.5 Å². The van der Waals surface area contributed by atoms with Crippen LogP contribution in [0.3, 0.4) is 0 Å². The molecule has 102 valence electrons. The Kier molecular flexibility index (Phi) is 3.89. The Balaban J connectivity index is 2.13. The van der Waals surface area contributed by atoms with E-state index < -0.39 is 11.4 Å². The first-order valence-corrected chi connectivity index (χ1v) is 6.89. The Bertz CT molecular complexity index is 520. The molecule has 2 rings (SSSR count). The van der Waals surface area contributed by atoms with Gasteiger partial charge in [0.05, 0.1) is 5.41 Å². The molecular weight excluding hydrogens is 312 g/mol. The molecule has 1 heterocycles. The van der Waals surface area contributed by atoms with Gasteiger partial charge in [0.25, 0.3) is 5.91 Å². The van der Waals surface area contributed by atoms with Gasteiger partial charge in [0.15, 0.2) is 0 Å². The summed E-state index contributed by atoms with van der Waals surface area (Å²) in [4.78, 5) is 27.5. The van der Waals surface area contributed by atoms with E-state index in [0.717, 1.165) is 6.42 Å². The predicted molar refractivity (Wildman–Crippen MR) is 72.8 cm³/mol. The zero-order chi connectivity index (χ0) is 14.0. The molecule has 19 heavy (non-hydrogen) atoms. The highest BCUT2D eigenvalue weighted by molar-refractivity contribution is 9.10. The van der Waals surface area contributed by atoms with E-state index in [0.29, 0.717) is 17.4 Å². The van der Waals surface area contributed by atoms with Crippen molar-refractivity contribution in [2.45, 2.75) is 32.2 Å². The van der Waals surface area contributed by atoms with Crippen LogP contribution in [0.25, 0.3) is 0 Å². The fourth-order valence-electron chi connectivity index (χ4n) is 2.42. The molecule has 1 aromatic rings. The number of pyridine rings is 1. The summed E-state index contributed by atoms with van der Waals surface area (Å²) in [6.07, 6.45) is 2.07. The van der Waals surface area contributed by atoms with Gasteiger partial charge in [-0.25, -0.2) is 4.98 Å². The van der Waals surface area contributed by atoms with E-state index in [2.05, 4.69) is 26.2 Å². The van der Waals surface area contributed by atoms with Crippen molar-refractivity contribution >= 4 is 27.8 Å². The molecule has 0 saturated heterocycles. The Morgan fingerprint density at radius 2 is 2.26 bits per heavy atom. The van der Waals surface area contributed by atoms with Gasteiger partial charge in [-0.05, 0) is 47.8 Å². The lowest BCUT2D eigenvalue weighted by atomic mass is 9.85. The minimum Gasteiger partial charge on any atom is -0.481 e. The molecular formula is C13H15BrN2O3. The van der Waals surface area contributed by atoms with E-state index in [4.69, 9.17) is 0 Å². The topological polar surface area (TPSA) is 79.3 Å². The number of carboxylic acids is 1. The third-order valence-electron chi connectivity index (χ3n) is 3.70. The Morgan fingerprint density at radius 3 is 2.89 bits per heavy atom. The van der Waals surface area contributed by atoms with Crippen LogP contribution in [-0.2, 0) is 4.79 Å². The van der Waals surface area contributed by atoms with Crippen LogP contribution in [0.2, 0.25) is 0 Å². The molecule has 2 N–H and O–H groups in total. The van der Waals surface area contributed by atoms with Crippen LogP contribution in [0.15, 0.2) is 22.8 Å². The summed E-state index contributed by atoms with van der Waals surface area (Å²) < 4.78 is 0.576. The monoisotopic (exact) mass is 326 g/mol. The highest BCUT2D eigenvalue weighted by Crippen LogP contribution is 2.38. The van der Waals surface area contributed by atoms with Gasteiger partial charge in [0.2, 0.25) is 0 Å². The summed E-state index contributed by atoms with van der Waals surface area (Å²) in [5.41, 5.74) is -0.601. The predicted octanol–water partition coefficient (Wildman–Crippen LogP) is 2.22. The molecule has 0 aromatic carbocycles. The number of aromatic nitrogens is 1. The molecule has 1 aliphatic rings. The first-order valence-electron chi connectivity index (χ1n) is 6.10. The highest BCUT2D eigenvalue weighted by atomic mass is 79.9. The molecule has 2 atom stereocenters. The molecule has 0 bridgehead atoms. The lowest BCUT2D eigenvalue weighted by molar-refractivity contribution is -0.148. The molecule has 1 fully saturated rings. The van der Waals surface area contributed by atoms with Crippen molar-refractivity contribution in [3.8, 4) is 0 Å². The number of halogens is 1. The first kappa shape index (κ1) is 14.0. The third kappa shape index (κ3) is 2.78. The SMILES string of the molecule is CC1(C(=O)O)CCCC1NC(=O)c1cccc(Br)n1. The third-order valence-corrected chi connectivity index (χ3v) is 4.14. The summed E-state index contributed by atoms with van der Waals surface area (Å²) in [5, 5.41) is 12.1. The molecule has 2 unspecified atom stereocenters. The van der Waals surface area contributed by atoms with Crippen LogP contribution in [0, 0.1) is 5.41 Å². The summed E-state index contributed by atoms with van der Waals surface area (Å²) in [7, 11) is 0. The van der Waals surface area contributed by atoms with Crippen molar-refractivity contribution in [1.29, 1.82) is 0 Å². The average Bonchev–Trinajstić information content (AvgIpc) is 2.72. The van der Waals surface area contributed by atoms with Crippen molar-refractivity contribution in [2.75, 3.05) is 0 Å². The Hall–Kier alpha value is -1.43. The fourth-order valence-corrected chi connectivity index (χ4v) is 2.76. The van der Waals surface area contributed by atoms with Gasteiger partial charge in [-0.2, -0.15) is 0 Å². The van der Waals surface area contributed by atoms with E-state index in [-0.39, 0.29) is 17.6 Å². The molecule has 0 aliphatic heterocycles. The molecule has 6 heteroatoms. The molecule has 1 aliphatic carbocycles. The van der Waals surface area contributed by atoms with Crippen LogP contribution >= 0.6 is 15.9 Å². The number of aliphatic carboxylic acids is 1. The molecule has 5 nitrogen and oxygen atoms in total. The maximum Gasteiger partial charge on any atom is 0.311 e. The van der Waals surface area contributed by atoms with E-state index in [1.54, 1.807) is 25.1 Å². The van der Waals surface area contributed by atoms with Gasteiger partial charge >= 0.3 is 5.97 Å². The largest absolute Gasteiger partial charge is 0.481 e. The van der Waals surface area contributed by atoms with Crippen LogP contribution in [0.5, 0.6) is 0 Å². The summed E-state index contributed by atoms with van der Waals surface area (Å²) in [6.45, 7) is 1.68. The van der Waals surface area contributed by atoms with Gasteiger partial charge in [0, 0.05) is 6.04 Å². The molecule has 1 amide bonds. The normalized spacial score (nSPS) is 26.1.